The van der Waals surface area contributed by atoms with Crippen molar-refractivity contribution in [1.82, 2.24) is 0 Å². The lowest BCUT2D eigenvalue weighted by molar-refractivity contribution is 0.0879. The molecule has 1 fully saturated rings. The number of phenolic OH excluding ortho intramolecular Hbond substituents is 1. The van der Waals surface area contributed by atoms with E-state index in [1.165, 1.54) is 31.2 Å². The summed E-state index contributed by atoms with van der Waals surface area (Å²) in [5, 5.41) is 30.2. The number of aromatic hydroxyl groups is 1. The largest absolute Gasteiger partial charge is 0.508 e. The van der Waals surface area contributed by atoms with E-state index in [4.69, 9.17) is 0 Å². The van der Waals surface area contributed by atoms with Crippen LogP contribution in [-0.2, 0) is 5.41 Å². The Kier molecular flexibility index (Phi) is 8.62. The van der Waals surface area contributed by atoms with Crippen LogP contribution in [0.15, 0.2) is 18.2 Å². The van der Waals surface area contributed by atoms with Crippen molar-refractivity contribution >= 4 is 0 Å². The summed E-state index contributed by atoms with van der Waals surface area (Å²) in [6.45, 7) is 6.98. The molecule has 1 aliphatic carbocycles. The first-order valence-corrected chi connectivity index (χ1v) is 11.0. The van der Waals surface area contributed by atoms with E-state index in [2.05, 4.69) is 32.9 Å². The zero-order valence-corrected chi connectivity index (χ0v) is 17.6. The zero-order valence-electron chi connectivity index (χ0n) is 17.6. The minimum absolute atomic E-state index is 0.0616. The van der Waals surface area contributed by atoms with E-state index in [0.717, 1.165) is 37.7 Å². The second-order valence-electron chi connectivity index (χ2n) is 9.17. The van der Waals surface area contributed by atoms with E-state index in [1.54, 1.807) is 0 Å². The van der Waals surface area contributed by atoms with E-state index in [1.807, 2.05) is 6.07 Å². The van der Waals surface area contributed by atoms with Gasteiger partial charge in [-0.1, -0.05) is 58.6 Å². The molecule has 1 aliphatic rings. The lowest BCUT2D eigenvalue weighted by atomic mass is 9.71. The summed E-state index contributed by atoms with van der Waals surface area (Å²) in [6.07, 6.45) is 10.1. The summed E-state index contributed by atoms with van der Waals surface area (Å²) < 4.78 is 0. The first-order valence-electron chi connectivity index (χ1n) is 11.0. The monoisotopic (exact) mass is 376 g/mol. The molecule has 0 heterocycles. The number of phenols is 1. The van der Waals surface area contributed by atoms with Gasteiger partial charge in [-0.3, -0.25) is 0 Å². The van der Waals surface area contributed by atoms with Gasteiger partial charge >= 0.3 is 0 Å². The topological polar surface area (TPSA) is 60.7 Å². The molecule has 154 valence electrons. The van der Waals surface area contributed by atoms with Crippen molar-refractivity contribution in [3.8, 4) is 5.75 Å². The van der Waals surface area contributed by atoms with Crippen molar-refractivity contribution in [2.45, 2.75) is 102 Å². The minimum Gasteiger partial charge on any atom is -0.508 e. The Morgan fingerprint density at radius 2 is 1.85 bits per heavy atom. The maximum Gasteiger partial charge on any atom is 0.119 e. The fourth-order valence-corrected chi connectivity index (χ4v) is 4.71. The molecule has 3 atom stereocenters. The van der Waals surface area contributed by atoms with Gasteiger partial charge in [-0.25, -0.2) is 0 Å². The van der Waals surface area contributed by atoms with Crippen LogP contribution < -0.4 is 0 Å². The highest BCUT2D eigenvalue weighted by molar-refractivity contribution is 5.42. The van der Waals surface area contributed by atoms with Gasteiger partial charge in [0.25, 0.3) is 0 Å². The highest BCUT2D eigenvalue weighted by Crippen LogP contribution is 2.44. The van der Waals surface area contributed by atoms with Crippen LogP contribution >= 0.6 is 0 Å². The van der Waals surface area contributed by atoms with Crippen LogP contribution in [0.25, 0.3) is 0 Å². The smallest absolute Gasteiger partial charge is 0.119 e. The predicted octanol–water partition coefficient (Wildman–Crippen LogP) is 5.66. The second-order valence-corrected chi connectivity index (χ2v) is 9.17. The molecule has 3 nitrogen and oxygen atoms in total. The Balaban J connectivity index is 2.13. The fourth-order valence-electron chi connectivity index (χ4n) is 4.71. The summed E-state index contributed by atoms with van der Waals surface area (Å²) >= 11 is 0. The Morgan fingerprint density at radius 3 is 2.52 bits per heavy atom. The van der Waals surface area contributed by atoms with Crippen LogP contribution in [0.4, 0.5) is 0 Å². The van der Waals surface area contributed by atoms with Gasteiger partial charge in [0.1, 0.15) is 5.75 Å². The quantitative estimate of drug-likeness (QED) is 0.462. The predicted molar refractivity (Wildman–Crippen MR) is 112 cm³/mol. The first kappa shape index (κ1) is 22.2. The van der Waals surface area contributed by atoms with Crippen LogP contribution in [0.5, 0.6) is 5.75 Å². The Bertz CT molecular complexity index is 565. The van der Waals surface area contributed by atoms with E-state index in [0.29, 0.717) is 18.1 Å². The second kappa shape index (κ2) is 10.5. The maximum absolute atomic E-state index is 10.8. The highest BCUT2D eigenvalue weighted by Gasteiger charge is 2.32. The van der Waals surface area contributed by atoms with E-state index in [-0.39, 0.29) is 24.0 Å². The number of hydrogen-bond acceptors (Lipinski definition) is 3. The van der Waals surface area contributed by atoms with Gasteiger partial charge in [0.2, 0.25) is 0 Å². The van der Waals surface area contributed by atoms with Crippen LogP contribution in [0.2, 0.25) is 0 Å². The van der Waals surface area contributed by atoms with Crippen molar-refractivity contribution in [3.63, 3.8) is 0 Å². The van der Waals surface area contributed by atoms with Gasteiger partial charge < -0.3 is 15.3 Å². The summed E-state index contributed by atoms with van der Waals surface area (Å²) in [5.74, 6) is 0.989. The molecule has 2 unspecified atom stereocenters. The van der Waals surface area contributed by atoms with Crippen molar-refractivity contribution in [1.29, 1.82) is 0 Å². The van der Waals surface area contributed by atoms with Crippen LogP contribution in [0.1, 0.15) is 102 Å². The van der Waals surface area contributed by atoms with E-state index < -0.39 is 0 Å². The molecular formula is C24H40O3. The number of unbranched alkanes of at least 4 members (excludes halogenated alkanes) is 3. The van der Waals surface area contributed by atoms with Crippen LogP contribution in [-0.4, -0.2) is 28.0 Å². The number of aliphatic hydroxyl groups excluding tert-OH is 2. The molecule has 0 aromatic heterocycles. The first-order chi connectivity index (χ1) is 12.9. The summed E-state index contributed by atoms with van der Waals surface area (Å²) in [7, 11) is 0. The Hall–Kier alpha value is -1.06. The van der Waals surface area contributed by atoms with Gasteiger partial charge in [0, 0.05) is 6.61 Å². The number of benzene rings is 1. The minimum atomic E-state index is -0.283. The van der Waals surface area contributed by atoms with Crippen molar-refractivity contribution in [2.75, 3.05) is 6.61 Å². The molecule has 3 heteroatoms. The SMILES string of the molecule is CCCCCCC(C)(C)c1ccc([C@H]2CC(O)CCC2CCCO)c(O)c1. The zero-order chi connectivity index (χ0) is 19.9. The van der Waals surface area contributed by atoms with Gasteiger partial charge in [0.05, 0.1) is 6.10 Å². The van der Waals surface area contributed by atoms with E-state index >= 15 is 0 Å². The summed E-state index contributed by atoms with van der Waals surface area (Å²) in [5.41, 5.74) is 2.23. The molecule has 0 aliphatic heterocycles. The molecule has 1 aromatic carbocycles. The third kappa shape index (κ3) is 6.22. The summed E-state index contributed by atoms with van der Waals surface area (Å²) in [6, 6.07) is 6.23. The van der Waals surface area contributed by atoms with Crippen molar-refractivity contribution < 1.29 is 15.3 Å². The third-order valence-electron chi connectivity index (χ3n) is 6.57. The van der Waals surface area contributed by atoms with Crippen LogP contribution in [0, 0.1) is 5.92 Å². The van der Waals surface area contributed by atoms with Gasteiger partial charge in [-0.15, -0.1) is 0 Å². The normalized spacial score (nSPS) is 23.5. The maximum atomic E-state index is 10.8. The molecule has 27 heavy (non-hydrogen) atoms. The summed E-state index contributed by atoms with van der Waals surface area (Å²) in [4.78, 5) is 0. The molecule has 0 saturated heterocycles. The van der Waals surface area contributed by atoms with Crippen molar-refractivity contribution in [2.24, 2.45) is 5.92 Å². The molecule has 0 radical (unpaired) electrons. The van der Waals surface area contributed by atoms with E-state index in [9.17, 15) is 15.3 Å². The highest BCUT2D eigenvalue weighted by atomic mass is 16.3. The van der Waals surface area contributed by atoms with Crippen LogP contribution in [0.3, 0.4) is 0 Å². The molecule has 0 spiro atoms. The molecule has 1 aromatic rings. The van der Waals surface area contributed by atoms with Gasteiger partial charge in [-0.2, -0.15) is 0 Å². The molecule has 2 rings (SSSR count). The van der Waals surface area contributed by atoms with Gasteiger partial charge in [0.15, 0.2) is 0 Å². The molecule has 0 amide bonds. The third-order valence-corrected chi connectivity index (χ3v) is 6.57. The molecule has 0 bridgehead atoms. The Morgan fingerprint density at radius 1 is 1.07 bits per heavy atom. The van der Waals surface area contributed by atoms with Gasteiger partial charge in [-0.05, 0) is 73.0 Å². The fraction of sp³-hybridized carbons (Fsp3) is 0.750. The molecule has 1 saturated carbocycles. The van der Waals surface area contributed by atoms with Crippen molar-refractivity contribution in [3.05, 3.63) is 29.3 Å². The lowest BCUT2D eigenvalue weighted by Crippen LogP contribution is -2.27. The average Bonchev–Trinajstić information content (AvgIpc) is 2.64. The average molecular weight is 377 g/mol. The lowest BCUT2D eigenvalue weighted by Gasteiger charge is -2.35. The molecular weight excluding hydrogens is 336 g/mol. The number of hydrogen-bond donors (Lipinski definition) is 3. The number of rotatable bonds is 10. The number of aliphatic hydroxyl groups is 2. The Labute approximate surface area is 165 Å². The molecule has 3 N–H and O–H groups in total. The standard InChI is InChI=1S/C24H40O3/c1-4-5-6-7-14-24(2,3)19-11-13-21(23(27)16-19)22-17-20(26)12-10-18(22)9-8-15-25/h11,13,16,18,20,22,25-27H,4-10,12,14-15,17H2,1-3H3/t18?,20?,22-/m0/s1.